The lowest BCUT2D eigenvalue weighted by molar-refractivity contribution is 0.0939. The third-order valence-electron chi connectivity index (χ3n) is 4.99. The second kappa shape index (κ2) is 10.1. The minimum atomic E-state index is -0.563. The Hall–Kier alpha value is -3.43. The molecule has 1 aromatic heterocycles. The molecule has 1 amide bonds. The number of rotatable bonds is 7. The van der Waals surface area contributed by atoms with E-state index in [0.717, 1.165) is 12.5 Å². The van der Waals surface area contributed by atoms with E-state index in [4.69, 9.17) is 15.2 Å². The number of halogens is 1. The topological polar surface area (TPSA) is 120 Å². The summed E-state index contributed by atoms with van der Waals surface area (Å²) in [7, 11) is 1.39. The predicted octanol–water partition coefficient (Wildman–Crippen LogP) is 2.86. The number of hydrogen-bond acceptors (Lipinski definition) is 8. The van der Waals surface area contributed by atoms with Gasteiger partial charge in [-0.15, -0.1) is 0 Å². The molecule has 0 radical (unpaired) electrons. The molecule has 2 heterocycles. The molecule has 1 aliphatic rings. The van der Waals surface area contributed by atoms with Crippen molar-refractivity contribution in [1.29, 1.82) is 0 Å². The third kappa shape index (κ3) is 5.39. The maximum Gasteiger partial charge on any atom is 0.409 e. The molecule has 2 aromatic rings. The summed E-state index contributed by atoms with van der Waals surface area (Å²) < 4.78 is 23.9. The van der Waals surface area contributed by atoms with Crippen molar-refractivity contribution in [3.63, 3.8) is 0 Å². The van der Waals surface area contributed by atoms with Gasteiger partial charge < -0.3 is 25.4 Å². The smallest absolute Gasteiger partial charge is 0.409 e. The van der Waals surface area contributed by atoms with Gasteiger partial charge in [0.1, 0.15) is 17.4 Å². The van der Waals surface area contributed by atoms with E-state index in [1.165, 1.54) is 25.4 Å². The van der Waals surface area contributed by atoms with Gasteiger partial charge in [-0.3, -0.25) is 4.79 Å². The Balaban J connectivity index is 1.64. The lowest BCUT2D eigenvalue weighted by Gasteiger charge is -2.31. The van der Waals surface area contributed by atoms with E-state index in [2.05, 4.69) is 15.3 Å². The van der Waals surface area contributed by atoms with Gasteiger partial charge in [0.2, 0.25) is 11.7 Å². The molecule has 0 saturated carbocycles. The monoisotopic (exact) mass is 431 g/mol. The number of amides is 1. The first-order chi connectivity index (χ1) is 14.9. The number of likely N-dealkylation sites (tertiary alicyclic amines) is 1. The lowest BCUT2D eigenvalue weighted by atomic mass is 10.0. The normalized spacial score (nSPS) is 14.2. The fraction of sp³-hybridized carbons (Fsp3) is 0.429. The Morgan fingerprint density at radius 2 is 2.03 bits per heavy atom. The summed E-state index contributed by atoms with van der Waals surface area (Å²) >= 11 is 0. The molecular weight excluding hydrogens is 405 g/mol. The number of hydrogen-bond donors (Lipinski definition) is 2. The Labute approximate surface area is 179 Å². The van der Waals surface area contributed by atoms with Crippen molar-refractivity contribution in [2.45, 2.75) is 32.2 Å². The second-order valence-corrected chi connectivity index (χ2v) is 7.19. The number of aromatic nitrogens is 2. The number of nitrogens with zero attached hydrogens (tertiary/aromatic N) is 3. The Morgan fingerprint density at radius 1 is 1.29 bits per heavy atom. The second-order valence-electron chi connectivity index (χ2n) is 7.19. The highest BCUT2D eigenvalue weighted by Crippen LogP contribution is 2.25. The number of anilines is 2. The van der Waals surface area contributed by atoms with Crippen molar-refractivity contribution in [3.8, 4) is 5.75 Å². The zero-order valence-corrected chi connectivity index (χ0v) is 17.6. The fourth-order valence-corrected chi connectivity index (χ4v) is 3.31. The largest absolute Gasteiger partial charge is 0.496 e. The van der Waals surface area contributed by atoms with Crippen LogP contribution in [-0.4, -0.2) is 59.6 Å². The molecule has 1 aromatic carbocycles. The standard InChI is InChI=1S/C21H26FN5O4/c1-3-10-31-21(29)27-8-6-14(7-9-27)25-20-24-12-16(19(23)26-20)18(28)15-11-13(22)4-5-17(15)30-2/h4-5,11-12,14H,3,6-10H2,1-2H3,(H3,23,24,25,26). The van der Waals surface area contributed by atoms with Crippen molar-refractivity contribution in [2.24, 2.45) is 0 Å². The first-order valence-electron chi connectivity index (χ1n) is 10.1. The van der Waals surface area contributed by atoms with Crippen LogP contribution in [0.5, 0.6) is 5.75 Å². The molecule has 0 unspecified atom stereocenters. The summed E-state index contributed by atoms with van der Waals surface area (Å²) in [5.41, 5.74) is 6.09. The molecule has 1 aliphatic heterocycles. The van der Waals surface area contributed by atoms with E-state index >= 15 is 0 Å². The first-order valence-corrected chi connectivity index (χ1v) is 10.1. The average Bonchev–Trinajstić information content (AvgIpc) is 2.77. The maximum atomic E-state index is 13.6. The molecule has 1 saturated heterocycles. The first kappa shape index (κ1) is 22.3. The number of ether oxygens (including phenoxy) is 2. The van der Waals surface area contributed by atoms with Crippen LogP contribution in [-0.2, 0) is 4.74 Å². The highest BCUT2D eigenvalue weighted by Gasteiger charge is 2.25. The molecule has 0 bridgehead atoms. The van der Waals surface area contributed by atoms with Crippen LogP contribution in [0.4, 0.5) is 21.0 Å². The summed E-state index contributed by atoms with van der Waals surface area (Å²) in [4.78, 5) is 34.8. The van der Waals surface area contributed by atoms with Gasteiger partial charge in [-0.25, -0.2) is 14.2 Å². The number of nitrogen functional groups attached to an aromatic ring is 1. The van der Waals surface area contributed by atoms with Crippen molar-refractivity contribution >= 4 is 23.6 Å². The number of nitrogens with one attached hydrogen (secondary N) is 1. The molecule has 166 valence electrons. The van der Waals surface area contributed by atoms with Gasteiger partial charge in [0.15, 0.2) is 0 Å². The van der Waals surface area contributed by atoms with E-state index in [9.17, 15) is 14.0 Å². The predicted molar refractivity (Wildman–Crippen MR) is 113 cm³/mol. The highest BCUT2D eigenvalue weighted by atomic mass is 19.1. The summed E-state index contributed by atoms with van der Waals surface area (Å²) in [6.45, 7) is 3.48. The Kier molecular flexibility index (Phi) is 7.22. The van der Waals surface area contributed by atoms with Crippen LogP contribution < -0.4 is 15.8 Å². The van der Waals surface area contributed by atoms with Gasteiger partial charge >= 0.3 is 6.09 Å². The Morgan fingerprint density at radius 3 is 2.68 bits per heavy atom. The van der Waals surface area contributed by atoms with Gasteiger partial charge in [0, 0.05) is 25.3 Å². The fourth-order valence-electron chi connectivity index (χ4n) is 3.31. The summed E-state index contributed by atoms with van der Waals surface area (Å²) in [6.07, 6.45) is 3.20. The maximum absolute atomic E-state index is 13.6. The van der Waals surface area contributed by atoms with Crippen molar-refractivity contribution in [3.05, 3.63) is 41.3 Å². The van der Waals surface area contributed by atoms with E-state index in [0.29, 0.717) is 32.5 Å². The number of carbonyl (C=O) groups excluding carboxylic acids is 2. The summed E-state index contributed by atoms with van der Waals surface area (Å²) in [5, 5.41) is 3.18. The molecule has 0 spiro atoms. The van der Waals surface area contributed by atoms with E-state index in [1.807, 2.05) is 6.92 Å². The van der Waals surface area contributed by atoms with Gasteiger partial charge in [-0.2, -0.15) is 4.98 Å². The highest BCUT2D eigenvalue weighted by molar-refractivity contribution is 6.13. The molecule has 9 nitrogen and oxygen atoms in total. The van der Waals surface area contributed by atoms with Gasteiger partial charge in [0.25, 0.3) is 0 Å². The van der Waals surface area contributed by atoms with Crippen LogP contribution in [0.25, 0.3) is 0 Å². The lowest BCUT2D eigenvalue weighted by Crippen LogP contribution is -2.42. The van der Waals surface area contributed by atoms with Crippen molar-refractivity contribution in [2.75, 3.05) is 37.9 Å². The van der Waals surface area contributed by atoms with E-state index < -0.39 is 11.6 Å². The van der Waals surface area contributed by atoms with Gasteiger partial charge in [-0.1, -0.05) is 6.92 Å². The van der Waals surface area contributed by atoms with Gasteiger partial charge in [-0.05, 0) is 37.5 Å². The number of carbonyl (C=O) groups is 2. The average molecular weight is 431 g/mol. The van der Waals surface area contributed by atoms with Crippen molar-refractivity contribution < 1.29 is 23.5 Å². The number of ketones is 1. The number of benzene rings is 1. The minimum absolute atomic E-state index is 0.0191. The molecule has 1 fully saturated rings. The molecular formula is C21H26FN5O4. The SMILES string of the molecule is CCCOC(=O)N1CCC(Nc2ncc(C(=O)c3cc(F)ccc3OC)c(N)n2)CC1. The molecule has 0 aliphatic carbocycles. The van der Waals surface area contributed by atoms with Crippen molar-refractivity contribution in [1.82, 2.24) is 14.9 Å². The number of piperidine rings is 1. The molecule has 10 heteroatoms. The van der Waals surface area contributed by atoms with Crippen LogP contribution >= 0.6 is 0 Å². The quantitative estimate of drug-likeness (QED) is 0.642. The van der Waals surface area contributed by atoms with Crippen LogP contribution in [0, 0.1) is 5.82 Å². The number of methoxy groups -OCH3 is 1. The summed E-state index contributed by atoms with van der Waals surface area (Å²) in [6, 6.07) is 3.73. The van der Waals surface area contributed by atoms with Crippen LogP contribution in [0.15, 0.2) is 24.4 Å². The van der Waals surface area contributed by atoms with E-state index in [-0.39, 0.29) is 40.8 Å². The third-order valence-corrected chi connectivity index (χ3v) is 4.99. The molecule has 3 rings (SSSR count). The van der Waals surface area contributed by atoms with Crippen LogP contribution in [0.3, 0.4) is 0 Å². The minimum Gasteiger partial charge on any atom is -0.496 e. The zero-order chi connectivity index (χ0) is 22.4. The molecule has 3 N–H and O–H groups in total. The molecule has 31 heavy (non-hydrogen) atoms. The van der Waals surface area contributed by atoms with Gasteiger partial charge in [0.05, 0.1) is 24.8 Å². The Bertz CT molecular complexity index is 947. The van der Waals surface area contributed by atoms with E-state index in [1.54, 1.807) is 4.90 Å². The number of nitrogens with two attached hydrogens (primary N) is 1. The summed E-state index contributed by atoms with van der Waals surface area (Å²) in [5.74, 6) is -0.593. The zero-order valence-electron chi connectivity index (χ0n) is 17.6. The van der Waals surface area contributed by atoms with Crippen LogP contribution in [0.2, 0.25) is 0 Å². The van der Waals surface area contributed by atoms with Crippen LogP contribution in [0.1, 0.15) is 42.1 Å². The molecule has 0 atom stereocenters.